The van der Waals surface area contributed by atoms with Gasteiger partial charge in [-0.2, -0.15) is 0 Å². The zero-order valence-corrected chi connectivity index (χ0v) is 18.4. The lowest BCUT2D eigenvalue weighted by Gasteiger charge is -2.08. The molecule has 158 valence electrons. The minimum Gasteiger partial charge on any atom is -0.465 e. The van der Waals surface area contributed by atoms with E-state index in [1.165, 1.54) is 36.9 Å². The highest BCUT2D eigenvalue weighted by Crippen LogP contribution is 2.37. The monoisotopic (exact) mass is 475 g/mol. The maximum atomic E-state index is 13.3. The average molecular weight is 476 g/mol. The number of fused-ring (bicyclic) bond motifs is 1. The fourth-order valence-corrected chi connectivity index (χ4v) is 4.56. The standard InChI is InChI=1S/C20H15ClFN5O2S2/c1-29-18(28)17-16(21)14-6-5-13(8-15(14)31-17)24-20(30)25-19-23-10-27(26-19)9-11-3-2-4-12(22)7-11/h2-8,10H,9H2,1H3,(H2,24,25,26,30). The first-order valence-electron chi connectivity index (χ1n) is 8.95. The van der Waals surface area contributed by atoms with E-state index in [-0.39, 0.29) is 5.82 Å². The summed E-state index contributed by atoms with van der Waals surface area (Å²) in [6.45, 7) is 0.380. The van der Waals surface area contributed by atoms with Crippen LogP contribution < -0.4 is 10.6 Å². The second kappa shape index (κ2) is 8.96. The molecule has 0 unspecified atom stereocenters. The number of hydrogen-bond acceptors (Lipinski definition) is 6. The lowest BCUT2D eigenvalue weighted by molar-refractivity contribution is 0.0606. The third kappa shape index (κ3) is 4.82. The maximum Gasteiger partial charge on any atom is 0.349 e. The van der Waals surface area contributed by atoms with Crippen molar-refractivity contribution in [2.45, 2.75) is 6.54 Å². The lowest BCUT2D eigenvalue weighted by Crippen LogP contribution is -2.20. The zero-order valence-electron chi connectivity index (χ0n) is 16.1. The molecular weight excluding hydrogens is 461 g/mol. The number of nitrogens with one attached hydrogen (secondary N) is 2. The first-order valence-corrected chi connectivity index (χ1v) is 10.6. The molecular formula is C20H15ClFN5O2S2. The van der Waals surface area contributed by atoms with Gasteiger partial charge in [0.25, 0.3) is 0 Å². The summed E-state index contributed by atoms with van der Waals surface area (Å²) in [6.07, 6.45) is 1.53. The topological polar surface area (TPSA) is 81.1 Å². The third-order valence-electron chi connectivity index (χ3n) is 4.25. The molecule has 31 heavy (non-hydrogen) atoms. The normalized spacial score (nSPS) is 10.8. The smallest absolute Gasteiger partial charge is 0.349 e. The molecule has 2 heterocycles. The number of carbonyl (C=O) groups is 1. The van der Waals surface area contributed by atoms with Gasteiger partial charge in [0.05, 0.1) is 18.7 Å². The van der Waals surface area contributed by atoms with Crippen LogP contribution in [0.25, 0.3) is 10.1 Å². The largest absolute Gasteiger partial charge is 0.465 e. The van der Waals surface area contributed by atoms with Gasteiger partial charge < -0.3 is 10.1 Å². The van der Waals surface area contributed by atoms with E-state index in [0.717, 1.165) is 15.6 Å². The number of methoxy groups -OCH3 is 1. The summed E-state index contributed by atoms with van der Waals surface area (Å²) in [4.78, 5) is 16.3. The number of halogens is 2. The highest BCUT2D eigenvalue weighted by atomic mass is 35.5. The quantitative estimate of drug-likeness (QED) is 0.313. The van der Waals surface area contributed by atoms with Gasteiger partial charge in [-0.1, -0.05) is 23.7 Å². The van der Waals surface area contributed by atoms with E-state index in [4.69, 9.17) is 28.6 Å². The van der Waals surface area contributed by atoms with Crippen LogP contribution in [0, 0.1) is 5.82 Å². The van der Waals surface area contributed by atoms with E-state index in [1.54, 1.807) is 22.9 Å². The molecule has 0 spiro atoms. The summed E-state index contributed by atoms with van der Waals surface area (Å²) in [5.41, 5.74) is 1.48. The number of ether oxygens (including phenoxy) is 1. The highest BCUT2D eigenvalue weighted by molar-refractivity contribution is 7.80. The number of rotatable bonds is 5. The first-order chi connectivity index (χ1) is 14.9. The first kappa shape index (κ1) is 21.2. The zero-order chi connectivity index (χ0) is 22.0. The maximum absolute atomic E-state index is 13.3. The molecule has 2 aromatic heterocycles. The van der Waals surface area contributed by atoms with Crippen molar-refractivity contribution in [1.29, 1.82) is 0 Å². The molecule has 2 N–H and O–H groups in total. The van der Waals surface area contributed by atoms with Crippen LogP contribution in [-0.4, -0.2) is 33.0 Å². The highest BCUT2D eigenvalue weighted by Gasteiger charge is 2.18. The molecule has 0 saturated heterocycles. The summed E-state index contributed by atoms with van der Waals surface area (Å²) >= 11 is 12.8. The Morgan fingerprint density at radius 1 is 1.29 bits per heavy atom. The van der Waals surface area contributed by atoms with Gasteiger partial charge in [-0.05, 0) is 48.1 Å². The van der Waals surface area contributed by atoms with E-state index >= 15 is 0 Å². The van der Waals surface area contributed by atoms with Crippen LogP contribution in [0.1, 0.15) is 15.2 Å². The molecule has 0 aliphatic heterocycles. The molecule has 11 heteroatoms. The van der Waals surface area contributed by atoms with Gasteiger partial charge in [0.1, 0.15) is 17.0 Å². The number of thiophene rings is 1. The second-order valence-electron chi connectivity index (χ2n) is 6.42. The molecule has 2 aromatic carbocycles. The summed E-state index contributed by atoms with van der Waals surface area (Å²) in [5, 5.41) is 11.7. The van der Waals surface area contributed by atoms with Crippen molar-refractivity contribution in [1.82, 2.24) is 14.8 Å². The van der Waals surface area contributed by atoms with E-state index in [1.807, 2.05) is 12.1 Å². The molecule has 0 aliphatic carbocycles. The Hall–Kier alpha value is -3.08. The third-order valence-corrected chi connectivity index (χ3v) is 6.09. The van der Waals surface area contributed by atoms with Crippen LogP contribution in [0.3, 0.4) is 0 Å². The number of nitrogens with zero attached hydrogens (tertiary/aromatic N) is 3. The average Bonchev–Trinajstić information content (AvgIpc) is 3.31. The van der Waals surface area contributed by atoms with Crippen molar-refractivity contribution in [3.05, 3.63) is 70.1 Å². The van der Waals surface area contributed by atoms with Crippen LogP contribution in [0.15, 0.2) is 48.8 Å². The second-order valence-corrected chi connectivity index (χ2v) is 8.26. The Labute approximate surface area is 190 Å². The van der Waals surface area contributed by atoms with Crippen LogP contribution >= 0.6 is 35.2 Å². The fourth-order valence-electron chi connectivity index (χ4n) is 2.88. The van der Waals surface area contributed by atoms with Gasteiger partial charge in [0, 0.05) is 15.8 Å². The van der Waals surface area contributed by atoms with Crippen LogP contribution in [0.2, 0.25) is 5.02 Å². The van der Waals surface area contributed by atoms with Gasteiger partial charge >= 0.3 is 5.97 Å². The predicted octanol–water partition coefficient (Wildman–Crippen LogP) is 4.93. The molecule has 7 nitrogen and oxygen atoms in total. The molecule has 0 amide bonds. The van der Waals surface area contributed by atoms with Gasteiger partial charge in [-0.15, -0.1) is 16.4 Å². The number of thiocarbonyl (C=S) groups is 1. The van der Waals surface area contributed by atoms with Crippen molar-refractivity contribution in [2.75, 3.05) is 17.7 Å². The van der Waals surface area contributed by atoms with Crippen molar-refractivity contribution in [2.24, 2.45) is 0 Å². The fraction of sp³-hybridized carbons (Fsp3) is 0.100. The van der Waals surface area contributed by atoms with E-state index in [2.05, 4.69) is 20.7 Å². The lowest BCUT2D eigenvalue weighted by atomic mass is 10.2. The van der Waals surface area contributed by atoms with Gasteiger partial charge in [-0.3, -0.25) is 5.32 Å². The van der Waals surface area contributed by atoms with E-state index < -0.39 is 5.97 Å². The Bertz CT molecular complexity index is 1290. The molecule has 0 bridgehead atoms. The minimum atomic E-state index is -0.474. The summed E-state index contributed by atoms with van der Waals surface area (Å²) in [6, 6.07) is 11.7. The van der Waals surface area contributed by atoms with Crippen molar-refractivity contribution in [3.63, 3.8) is 0 Å². The molecule has 0 radical (unpaired) electrons. The molecule has 0 aliphatic rings. The Morgan fingerprint density at radius 3 is 2.90 bits per heavy atom. The molecule has 0 atom stereocenters. The molecule has 4 rings (SSSR count). The number of hydrogen-bond donors (Lipinski definition) is 2. The number of carbonyl (C=O) groups excluding carboxylic acids is 1. The Balaban J connectivity index is 1.42. The summed E-state index contributed by atoms with van der Waals surface area (Å²) < 4.78 is 20.5. The van der Waals surface area contributed by atoms with E-state index in [0.29, 0.717) is 33.2 Å². The number of esters is 1. The Kier molecular flexibility index (Phi) is 6.12. The van der Waals surface area contributed by atoms with Crippen molar-refractivity contribution in [3.8, 4) is 0 Å². The van der Waals surface area contributed by atoms with Crippen LogP contribution in [0.5, 0.6) is 0 Å². The summed E-state index contributed by atoms with van der Waals surface area (Å²) in [7, 11) is 1.31. The van der Waals surface area contributed by atoms with E-state index in [9.17, 15) is 9.18 Å². The van der Waals surface area contributed by atoms with Gasteiger partial charge in [0.2, 0.25) is 5.95 Å². The number of benzene rings is 2. The van der Waals surface area contributed by atoms with Gasteiger partial charge in [0.15, 0.2) is 5.11 Å². The number of anilines is 2. The van der Waals surface area contributed by atoms with Gasteiger partial charge in [-0.25, -0.2) is 18.9 Å². The van der Waals surface area contributed by atoms with Crippen molar-refractivity contribution < 1.29 is 13.9 Å². The Morgan fingerprint density at radius 2 is 2.13 bits per heavy atom. The summed E-state index contributed by atoms with van der Waals surface area (Å²) in [5.74, 6) is -0.469. The number of aromatic nitrogens is 3. The SMILES string of the molecule is COC(=O)c1sc2cc(NC(=S)Nc3ncn(Cc4cccc(F)c4)n3)ccc2c1Cl. The minimum absolute atomic E-state index is 0.290. The molecule has 4 aromatic rings. The van der Waals surface area contributed by atoms with Crippen LogP contribution in [0.4, 0.5) is 16.0 Å². The van der Waals surface area contributed by atoms with Crippen LogP contribution in [-0.2, 0) is 11.3 Å². The molecule has 0 saturated carbocycles. The van der Waals surface area contributed by atoms with Crippen molar-refractivity contribution >= 4 is 68.0 Å². The predicted molar refractivity (Wildman–Crippen MR) is 124 cm³/mol. The molecule has 0 fully saturated rings.